The third-order valence-electron chi connectivity index (χ3n) is 1.91. The number of nitrogens with zero attached hydrogens (tertiary/aromatic N) is 1. The van der Waals surface area contributed by atoms with Crippen LogP contribution < -0.4 is 0 Å². The Labute approximate surface area is 111 Å². The molecule has 0 heterocycles. The predicted octanol–water partition coefficient (Wildman–Crippen LogP) is 4.05. The van der Waals surface area contributed by atoms with E-state index < -0.39 is 0 Å². The first kappa shape index (κ1) is 15.7. The van der Waals surface area contributed by atoms with Gasteiger partial charge < -0.3 is 0 Å². The number of para-hydroxylation sites is 1. The van der Waals surface area contributed by atoms with Crippen LogP contribution in [0.3, 0.4) is 0 Å². The van der Waals surface area contributed by atoms with Crippen LogP contribution in [0.2, 0.25) is 0 Å². The van der Waals surface area contributed by atoms with Gasteiger partial charge in [-0.25, -0.2) is 4.99 Å². The van der Waals surface area contributed by atoms with E-state index in [-0.39, 0.29) is 18.9 Å². The van der Waals surface area contributed by atoms with Gasteiger partial charge in [0.25, 0.3) is 0 Å². The van der Waals surface area contributed by atoms with Crippen molar-refractivity contribution in [3.8, 4) is 0 Å². The van der Waals surface area contributed by atoms with E-state index in [1.54, 1.807) is 6.92 Å². The van der Waals surface area contributed by atoms with E-state index in [9.17, 15) is 4.79 Å². The molecule has 2 nitrogen and oxygen atoms in total. The molecule has 0 saturated carbocycles. The van der Waals surface area contributed by atoms with E-state index in [0.29, 0.717) is 5.71 Å². The van der Waals surface area contributed by atoms with Crippen molar-refractivity contribution in [3.05, 3.63) is 29.8 Å². The quantitative estimate of drug-likeness (QED) is 0.598. The number of hydrogen-bond acceptors (Lipinski definition) is 2. The third kappa shape index (κ3) is 6.29. The van der Waals surface area contributed by atoms with E-state index in [1.807, 2.05) is 31.2 Å². The topological polar surface area (TPSA) is 29.4 Å². The molecule has 0 aliphatic rings. The Kier molecular flexibility index (Phi) is 8.58. The number of hydrogen-bond donors (Lipinski definition) is 0. The van der Waals surface area contributed by atoms with E-state index in [0.717, 1.165) is 11.3 Å². The van der Waals surface area contributed by atoms with Gasteiger partial charge in [-0.3, -0.25) is 4.79 Å². The normalized spacial score (nSPS) is 10.7. The average Bonchev–Trinajstić information content (AvgIpc) is 2.22. The van der Waals surface area contributed by atoms with Crippen molar-refractivity contribution in [1.82, 2.24) is 0 Å². The van der Waals surface area contributed by atoms with E-state index in [1.165, 1.54) is 6.92 Å². The van der Waals surface area contributed by atoms with E-state index >= 15 is 0 Å². The van der Waals surface area contributed by atoms with Gasteiger partial charge in [-0.2, -0.15) is 0 Å². The van der Waals surface area contributed by atoms with Crippen molar-refractivity contribution < 1.29 is 17.9 Å². The second-order valence-electron chi connectivity index (χ2n) is 3.09. The molecule has 1 aromatic rings. The summed E-state index contributed by atoms with van der Waals surface area (Å²) >= 11 is 0.194. The molecule has 0 atom stereocenters. The van der Waals surface area contributed by atoms with Gasteiger partial charge in [-0.05, 0) is 25.5 Å². The van der Waals surface area contributed by atoms with Crippen molar-refractivity contribution in [2.75, 3.05) is 0 Å². The molecule has 0 amide bonds. The summed E-state index contributed by atoms with van der Waals surface area (Å²) in [6.45, 7) is 5.23. The maximum atomic E-state index is 10.9. The van der Waals surface area contributed by atoms with Crippen LogP contribution in [0.25, 0.3) is 0 Å². The molecule has 16 heavy (non-hydrogen) atoms. The molecule has 0 aliphatic heterocycles. The van der Waals surface area contributed by atoms with Gasteiger partial charge in [0.2, 0.25) is 0 Å². The summed E-state index contributed by atoms with van der Waals surface area (Å²) in [5, 5.41) is 0. The monoisotopic (exact) mass is 301 g/mol. The molecule has 0 saturated heterocycles. The fourth-order valence-electron chi connectivity index (χ4n) is 0.948. The second kappa shape index (κ2) is 8.77. The number of aliphatic imine (C=N–C) groups is 1. The third-order valence-corrected chi connectivity index (χ3v) is 1.91. The minimum atomic E-state index is 0.0169. The van der Waals surface area contributed by atoms with Crippen LogP contribution in [0.1, 0.15) is 19.4 Å². The molecule has 0 spiro atoms. The summed E-state index contributed by atoms with van der Waals surface area (Å²) in [6, 6.07) is 7.75. The molecule has 0 fully saturated rings. The zero-order valence-electron chi connectivity index (χ0n) is 9.27. The van der Waals surface area contributed by atoms with Crippen LogP contribution in [0, 0.1) is 6.92 Å². The van der Waals surface area contributed by atoms with Crippen LogP contribution in [0.4, 0.5) is 5.69 Å². The number of halogens is 2. The molecule has 0 radical (unpaired) electrons. The Morgan fingerprint density at radius 3 is 2.19 bits per heavy atom. The summed E-state index contributed by atoms with van der Waals surface area (Å²) < 4.78 is 0. The summed E-state index contributed by atoms with van der Waals surface area (Å²) in [5.74, 6) is 0.0169. The van der Waals surface area contributed by atoms with Gasteiger partial charge in [-0.15, -0.1) is 0 Å². The van der Waals surface area contributed by atoms with Gasteiger partial charge in [0, 0.05) is 6.92 Å². The Morgan fingerprint density at radius 2 is 1.75 bits per heavy atom. The average molecular weight is 302 g/mol. The SMILES string of the molecule is CC(=O)C(C)=Nc1ccccc1C.[Cl][Fe][Cl]. The molecule has 0 N–H and O–H groups in total. The van der Waals surface area contributed by atoms with Gasteiger partial charge in [-0.1, -0.05) is 18.2 Å². The van der Waals surface area contributed by atoms with Crippen LogP contribution in [0.5, 0.6) is 0 Å². The molecule has 0 aliphatic carbocycles. The fraction of sp³-hybridized carbons (Fsp3) is 0.273. The van der Waals surface area contributed by atoms with Crippen molar-refractivity contribution >= 4 is 37.4 Å². The van der Waals surface area contributed by atoms with Gasteiger partial charge >= 0.3 is 33.3 Å². The molecular weight excluding hydrogens is 289 g/mol. The first-order chi connectivity index (χ1) is 7.52. The van der Waals surface area contributed by atoms with Gasteiger partial charge in [0.1, 0.15) is 0 Å². The molecule has 5 heteroatoms. The molecule has 0 unspecified atom stereocenters. The Morgan fingerprint density at radius 1 is 1.25 bits per heavy atom. The summed E-state index contributed by atoms with van der Waals surface area (Å²) in [5.41, 5.74) is 2.51. The molecule has 1 aromatic carbocycles. The zero-order chi connectivity index (χ0) is 12.6. The standard InChI is InChI=1S/C11H13NO.2ClH.Fe/c1-8-6-4-5-7-11(8)12-9(2)10(3)13;;;/h4-7H,1-3H3;2*1H;/q;;;+2/p-2. The van der Waals surface area contributed by atoms with E-state index in [4.69, 9.17) is 20.2 Å². The van der Waals surface area contributed by atoms with Crippen molar-refractivity contribution in [1.29, 1.82) is 0 Å². The number of benzene rings is 1. The molecule has 0 aromatic heterocycles. The van der Waals surface area contributed by atoms with E-state index in [2.05, 4.69) is 4.99 Å². The number of carbonyl (C=O) groups excluding carboxylic acids is 1. The molecule has 90 valence electrons. The summed E-state index contributed by atoms with van der Waals surface area (Å²) in [4.78, 5) is 15.2. The van der Waals surface area contributed by atoms with Crippen molar-refractivity contribution in [3.63, 3.8) is 0 Å². The number of ketones is 1. The van der Waals surface area contributed by atoms with Crippen LogP contribution in [0.15, 0.2) is 29.3 Å². The minimum absolute atomic E-state index is 0.0169. The number of aryl methyl sites for hydroxylation is 1. The van der Waals surface area contributed by atoms with Crippen molar-refractivity contribution in [2.24, 2.45) is 4.99 Å². The Balaban J connectivity index is 0.000000673. The van der Waals surface area contributed by atoms with Crippen LogP contribution in [-0.2, 0) is 17.9 Å². The first-order valence-electron chi connectivity index (χ1n) is 4.50. The number of Topliss-reactive ketones (excluding diaryl/α,β-unsaturated/α-hetero) is 1. The first-order valence-corrected chi connectivity index (χ1v) is 7.53. The maximum absolute atomic E-state index is 10.9. The summed E-state index contributed by atoms with van der Waals surface area (Å²) in [7, 11) is 9.53. The number of rotatable bonds is 2. The number of carbonyl (C=O) groups is 1. The van der Waals surface area contributed by atoms with Crippen LogP contribution in [-0.4, -0.2) is 11.5 Å². The fourth-order valence-corrected chi connectivity index (χ4v) is 0.948. The molecule has 0 bridgehead atoms. The molecular formula is C11H13Cl2FeNO. The zero-order valence-corrected chi connectivity index (χ0v) is 11.9. The Hall–Kier alpha value is -0.341. The van der Waals surface area contributed by atoms with Crippen molar-refractivity contribution in [2.45, 2.75) is 20.8 Å². The predicted molar refractivity (Wildman–Crippen MR) is 66.3 cm³/mol. The van der Waals surface area contributed by atoms with Gasteiger partial charge in [0.05, 0.1) is 11.4 Å². The van der Waals surface area contributed by atoms with Gasteiger partial charge in [0.15, 0.2) is 5.78 Å². The Bertz CT molecular complexity index is 380. The second-order valence-corrected chi connectivity index (χ2v) is 4.91. The molecule has 1 rings (SSSR count). The van der Waals surface area contributed by atoms with Crippen LogP contribution >= 0.6 is 20.2 Å². The summed E-state index contributed by atoms with van der Waals surface area (Å²) in [6.07, 6.45) is 0.